The number of carbonyl (C=O) groups excluding carboxylic acids is 1. The van der Waals surface area contributed by atoms with Crippen LogP contribution in [0.5, 0.6) is 0 Å². The molecule has 0 bridgehead atoms. The normalized spacial score (nSPS) is 10.7. The van der Waals surface area contributed by atoms with Crippen LogP contribution in [0, 0.1) is 6.92 Å². The van der Waals surface area contributed by atoms with Gasteiger partial charge in [-0.3, -0.25) is 4.98 Å². The van der Waals surface area contributed by atoms with Crippen molar-refractivity contribution in [1.29, 1.82) is 0 Å². The largest absolute Gasteiger partial charge is 0.462 e. The van der Waals surface area contributed by atoms with E-state index in [0.29, 0.717) is 22.9 Å². The molecule has 0 atom stereocenters. The summed E-state index contributed by atoms with van der Waals surface area (Å²) in [5, 5.41) is 1.57. The van der Waals surface area contributed by atoms with Crippen LogP contribution in [0.1, 0.15) is 23.0 Å². The lowest BCUT2D eigenvalue weighted by atomic mass is 9.94. The number of esters is 1. The van der Waals surface area contributed by atoms with Crippen molar-refractivity contribution < 1.29 is 9.53 Å². The first-order valence-corrected chi connectivity index (χ1v) is 7.82. The van der Waals surface area contributed by atoms with Crippen LogP contribution < -0.4 is 0 Å². The van der Waals surface area contributed by atoms with Crippen LogP contribution in [-0.4, -0.2) is 17.6 Å². The van der Waals surface area contributed by atoms with Crippen molar-refractivity contribution in [2.24, 2.45) is 0 Å². The fourth-order valence-electron chi connectivity index (χ4n) is 2.70. The van der Waals surface area contributed by atoms with E-state index in [1.807, 2.05) is 55.5 Å². The second kappa shape index (κ2) is 6.39. The summed E-state index contributed by atoms with van der Waals surface area (Å²) in [7, 11) is 0. The number of aryl methyl sites for hydroxylation is 1. The zero-order valence-electron chi connectivity index (χ0n) is 13.0. The lowest BCUT2D eigenvalue weighted by molar-refractivity contribution is 0.0526. The van der Waals surface area contributed by atoms with Crippen molar-refractivity contribution in [1.82, 2.24) is 4.98 Å². The smallest absolute Gasteiger partial charge is 0.340 e. The molecular weight excluding hydrogens is 310 g/mol. The Hall–Kier alpha value is -2.39. The van der Waals surface area contributed by atoms with Gasteiger partial charge in [-0.15, -0.1) is 0 Å². The van der Waals surface area contributed by atoms with Crippen LogP contribution in [0.4, 0.5) is 0 Å². The SMILES string of the molecule is CCOC(=O)c1c(C)nc2ccccc2c1-c1ccc(Cl)cc1. The molecule has 0 spiro atoms. The number of carbonyl (C=O) groups is 1. The van der Waals surface area contributed by atoms with E-state index in [1.54, 1.807) is 6.92 Å². The number of rotatable bonds is 3. The number of halogens is 1. The predicted molar refractivity (Wildman–Crippen MR) is 92.9 cm³/mol. The minimum absolute atomic E-state index is 0.325. The van der Waals surface area contributed by atoms with Gasteiger partial charge in [0, 0.05) is 16.0 Å². The Morgan fingerprint density at radius 3 is 2.52 bits per heavy atom. The van der Waals surface area contributed by atoms with Crippen molar-refractivity contribution in [2.45, 2.75) is 13.8 Å². The molecule has 1 aromatic heterocycles. The highest BCUT2D eigenvalue weighted by molar-refractivity contribution is 6.30. The molecule has 0 aliphatic carbocycles. The fraction of sp³-hybridized carbons (Fsp3) is 0.158. The molecule has 2 aromatic carbocycles. The number of benzene rings is 2. The third kappa shape index (κ3) is 2.92. The first kappa shape index (κ1) is 15.5. The van der Waals surface area contributed by atoms with Crippen molar-refractivity contribution in [3.63, 3.8) is 0 Å². The third-order valence-corrected chi connectivity index (χ3v) is 3.94. The first-order valence-electron chi connectivity index (χ1n) is 7.44. The van der Waals surface area contributed by atoms with Gasteiger partial charge in [0.05, 0.1) is 23.4 Å². The second-order valence-electron chi connectivity index (χ2n) is 5.19. The summed E-state index contributed by atoms with van der Waals surface area (Å²) in [6, 6.07) is 15.2. The summed E-state index contributed by atoms with van der Waals surface area (Å²) in [5.74, 6) is -0.354. The van der Waals surface area contributed by atoms with Crippen LogP contribution in [0.25, 0.3) is 22.0 Å². The Labute approximate surface area is 139 Å². The number of fused-ring (bicyclic) bond motifs is 1. The van der Waals surface area contributed by atoms with Gasteiger partial charge in [0.2, 0.25) is 0 Å². The van der Waals surface area contributed by atoms with E-state index in [4.69, 9.17) is 16.3 Å². The average molecular weight is 326 g/mol. The minimum atomic E-state index is -0.354. The minimum Gasteiger partial charge on any atom is -0.462 e. The molecule has 0 fully saturated rings. The Morgan fingerprint density at radius 2 is 1.83 bits per heavy atom. The topological polar surface area (TPSA) is 39.2 Å². The van der Waals surface area contributed by atoms with Gasteiger partial charge in [-0.25, -0.2) is 4.79 Å². The van der Waals surface area contributed by atoms with Crippen molar-refractivity contribution in [2.75, 3.05) is 6.61 Å². The van der Waals surface area contributed by atoms with Crippen LogP contribution in [0.3, 0.4) is 0 Å². The van der Waals surface area contributed by atoms with Gasteiger partial charge >= 0.3 is 5.97 Å². The van der Waals surface area contributed by atoms with E-state index >= 15 is 0 Å². The highest BCUT2D eigenvalue weighted by atomic mass is 35.5. The number of hydrogen-bond acceptors (Lipinski definition) is 3. The zero-order chi connectivity index (χ0) is 16.4. The Bertz CT molecular complexity index is 872. The molecule has 0 saturated heterocycles. The van der Waals surface area contributed by atoms with Gasteiger partial charge in [0.25, 0.3) is 0 Å². The summed E-state index contributed by atoms with van der Waals surface area (Å²) in [4.78, 5) is 17.0. The lowest BCUT2D eigenvalue weighted by Crippen LogP contribution is -2.10. The summed E-state index contributed by atoms with van der Waals surface area (Å²) >= 11 is 6.00. The van der Waals surface area contributed by atoms with Gasteiger partial charge in [0.15, 0.2) is 0 Å². The van der Waals surface area contributed by atoms with Crippen molar-refractivity contribution in [3.05, 3.63) is 64.8 Å². The van der Waals surface area contributed by atoms with Crippen molar-refractivity contribution in [3.8, 4) is 11.1 Å². The molecule has 1 heterocycles. The quantitative estimate of drug-likeness (QED) is 0.633. The Balaban J connectivity index is 2.36. The van der Waals surface area contributed by atoms with E-state index in [0.717, 1.165) is 22.0 Å². The van der Waals surface area contributed by atoms with E-state index in [9.17, 15) is 4.79 Å². The molecule has 23 heavy (non-hydrogen) atoms. The molecule has 0 radical (unpaired) electrons. The maximum atomic E-state index is 12.5. The second-order valence-corrected chi connectivity index (χ2v) is 5.63. The zero-order valence-corrected chi connectivity index (χ0v) is 13.7. The molecule has 0 N–H and O–H groups in total. The van der Waals surface area contributed by atoms with E-state index in [2.05, 4.69) is 4.98 Å². The first-order chi connectivity index (χ1) is 11.1. The highest BCUT2D eigenvalue weighted by Crippen LogP contribution is 2.34. The average Bonchev–Trinajstić information content (AvgIpc) is 2.54. The fourth-order valence-corrected chi connectivity index (χ4v) is 2.83. The number of pyridine rings is 1. The van der Waals surface area contributed by atoms with Gasteiger partial charge in [0.1, 0.15) is 0 Å². The number of aromatic nitrogens is 1. The molecule has 0 unspecified atom stereocenters. The molecule has 0 amide bonds. The number of ether oxygens (including phenoxy) is 1. The van der Waals surface area contributed by atoms with Gasteiger partial charge in [-0.05, 0) is 37.6 Å². The number of hydrogen-bond donors (Lipinski definition) is 0. The molecule has 4 heteroatoms. The summed E-state index contributed by atoms with van der Waals surface area (Å²) in [6.07, 6.45) is 0. The maximum absolute atomic E-state index is 12.5. The maximum Gasteiger partial charge on any atom is 0.340 e. The molecule has 116 valence electrons. The third-order valence-electron chi connectivity index (χ3n) is 3.69. The summed E-state index contributed by atoms with van der Waals surface area (Å²) < 4.78 is 5.24. The van der Waals surface area contributed by atoms with Crippen LogP contribution >= 0.6 is 11.6 Å². The Kier molecular flexibility index (Phi) is 4.30. The van der Waals surface area contributed by atoms with Crippen LogP contribution in [0.2, 0.25) is 5.02 Å². The molecular formula is C19H16ClNO2. The Morgan fingerprint density at radius 1 is 1.13 bits per heavy atom. The van der Waals surface area contributed by atoms with Gasteiger partial charge in [-0.1, -0.05) is 41.9 Å². The highest BCUT2D eigenvalue weighted by Gasteiger charge is 2.21. The molecule has 3 nitrogen and oxygen atoms in total. The molecule has 0 aliphatic heterocycles. The lowest BCUT2D eigenvalue weighted by Gasteiger charge is -2.15. The monoisotopic (exact) mass is 325 g/mol. The molecule has 0 saturated carbocycles. The predicted octanol–water partition coefficient (Wildman–Crippen LogP) is 5.04. The summed E-state index contributed by atoms with van der Waals surface area (Å²) in [6.45, 7) is 3.95. The van der Waals surface area contributed by atoms with E-state index < -0.39 is 0 Å². The number of para-hydroxylation sites is 1. The van der Waals surface area contributed by atoms with E-state index in [1.165, 1.54) is 0 Å². The molecule has 3 rings (SSSR count). The van der Waals surface area contributed by atoms with E-state index in [-0.39, 0.29) is 5.97 Å². The van der Waals surface area contributed by atoms with Crippen LogP contribution in [-0.2, 0) is 4.74 Å². The molecule has 3 aromatic rings. The van der Waals surface area contributed by atoms with Crippen molar-refractivity contribution >= 4 is 28.5 Å². The van der Waals surface area contributed by atoms with Gasteiger partial charge < -0.3 is 4.74 Å². The van der Waals surface area contributed by atoms with Crippen LogP contribution in [0.15, 0.2) is 48.5 Å². The number of nitrogens with zero attached hydrogens (tertiary/aromatic N) is 1. The summed E-state index contributed by atoms with van der Waals surface area (Å²) in [5.41, 5.74) is 3.77. The van der Waals surface area contributed by atoms with Gasteiger partial charge in [-0.2, -0.15) is 0 Å². The molecule has 0 aliphatic rings. The standard InChI is InChI=1S/C19H16ClNO2/c1-3-23-19(22)17-12(2)21-16-7-5-4-6-15(16)18(17)13-8-10-14(20)11-9-13/h4-11H,3H2,1-2H3.